The lowest BCUT2D eigenvalue weighted by Crippen LogP contribution is -2.81. The summed E-state index contributed by atoms with van der Waals surface area (Å²) in [6.07, 6.45) is 4.64. The van der Waals surface area contributed by atoms with Crippen LogP contribution >= 0.6 is 0 Å². The zero-order valence-electron chi connectivity index (χ0n) is 18.4. The van der Waals surface area contributed by atoms with Crippen molar-refractivity contribution in [2.24, 2.45) is 0 Å². The monoisotopic (exact) mass is 445 g/mol. The van der Waals surface area contributed by atoms with E-state index in [9.17, 15) is 9.59 Å². The number of aromatic carboxylic acids is 1. The molecule has 2 aromatic rings. The predicted molar refractivity (Wildman–Crippen MR) is 120 cm³/mol. The maximum Gasteiger partial charge on any atom is 0.337 e. The molecule has 9 heteroatoms. The van der Waals surface area contributed by atoms with Gasteiger partial charge in [-0.25, -0.2) is 4.79 Å². The Hall–Kier alpha value is -3.66. The third-order valence-corrected chi connectivity index (χ3v) is 3.65. The highest BCUT2D eigenvalue weighted by Crippen LogP contribution is 2.28. The highest BCUT2D eigenvalue weighted by molar-refractivity contribution is 6.06. The van der Waals surface area contributed by atoms with Gasteiger partial charge in [-0.15, -0.1) is 6.58 Å². The van der Waals surface area contributed by atoms with Crippen LogP contribution in [0.5, 0.6) is 11.5 Å². The first-order valence-electron chi connectivity index (χ1n) is 9.62. The topological polar surface area (TPSA) is 120 Å². The van der Waals surface area contributed by atoms with Gasteiger partial charge in [-0.3, -0.25) is 4.79 Å². The Kier molecular flexibility index (Phi) is 12.5. The maximum atomic E-state index is 12.1. The minimum atomic E-state index is -1.12. The van der Waals surface area contributed by atoms with E-state index in [0.717, 1.165) is 0 Å². The molecule has 32 heavy (non-hydrogen) atoms. The van der Waals surface area contributed by atoms with Crippen molar-refractivity contribution in [1.29, 1.82) is 0 Å². The summed E-state index contributed by atoms with van der Waals surface area (Å²) in [6, 6.07) is 11.4. The van der Waals surface area contributed by atoms with Crippen LogP contribution in [0.15, 0.2) is 61.2 Å². The van der Waals surface area contributed by atoms with Gasteiger partial charge in [-0.05, 0) is 42.8 Å². The molecule has 9 nitrogen and oxygen atoms in total. The molecule has 0 fully saturated rings. The standard InChI is InChI=1S/C20H22N2O7.C3H6/c1-26-18-13-14(7-9-17(18)28-11-12-29-22-27-2)8-10-19(23)21-16-6-4-3-5-15(16)20(24)25;1-3-2/h3-10,13H,11-12,22H2,1-2H3,(H-,21,23,24,25);3H,1H2,2H3/p+1/b10-8+;. The number of anilines is 1. The molecule has 0 atom stereocenters. The van der Waals surface area contributed by atoms with Gasteiger partial charge in [-0.2, -0.15) is 9.68 Å². The minimum Gasteiger partial charge on any atom is -0.493 e. The van der Waals surface area contributed by atoms with E-state index >= 15 is 0 Å². The van der Waals surface area contributed by atoms with E-state index in [1.807, 2.05) is 6.92 Å². The molecule has 0 aliphatic rings. The number of quaternary nitrogens is 1. The van der Waals surface area contributed by atoms with Crippen LogP contribution in [0.25, 0.3) is 6.08 Å². The van der Waals surface area contributed by atoms with Gasteiger partial charge in [0.2, 0.25) is 5.91 Å². The molecule has 0 heterocycles. The summed E-state index contributed by atoms with van der Waals surface area (Å²) >= 11 is 0. The molecule has 172 valence electrons. The molecule has 0 saturated heterocycles. The Morgan fingerprint density at radius 3 is 2.50 bits per heavy atom. The molecule has 0 bridgehead atoms. The first kappa shape index (κ1) is 26.4. The summed E-state index contributed by atoms with van der Waals surface area (Å²) < 4.78 is 10.9. The van der Waals surface area contributed by atoms with Crippen molar-refractivity contribution in [1.82, 2.24) is 0 Å². The lowest BCUT2D eigenvalue weighted by molar-refractivity contribution is -1.06. The zero-order chi connectivity index (χ0) is 23.8. The highest BCUT2D eigenvalue weighted by atomic mass is 16.9. The van der Waals surface area contributed by atoms with Gasteiger partial charge in [0.1, 0.15) is 13.2 Å². The van der Waals surface area contributed by atoms with Gasteiger partial charge in [-0.1, -0.05) is 29.9 Å². The fraction of sp³-hybridized carbons (Fsp3) is 0.217. The van der Waals surface area contributed by atoms with E-state index < -0.39 is 11.9 Å². The SMILES string of the molecule is C=CC.CO[NH2+]OCCOc1ccc(/C=C/C(=O)Nc2ccccc2C(=O)O)cc1OC. The van der Waals surface area contributed by atoms with Crippen LogP contribution < -0.4 is 20.4 Å². The maximum absolute atomic E-state index is 12.1. The lowest BCUT2D eigenvalue weighted by Gasteiger charge is -2.10. The molecule has 2 rings (SSSR count). The number of hydrogen-bond donors (Lipinski definition) is 3. The number of carbonyl (C=O) groups excluding carboxylic acids is 1. The Morgan fingerprint density at radius 2 is 1.84 bits per heavy atom. The number of allylic oxidation sites excluding steroid dienone is 1. The Bertz CT molecular complexity index is 913. The van der Waals surface area contributed by atoms with Crippen LogP contribution in [0.1, 0.15) is 22.8 Å². The fourth-order valence-corrected chi connectivity index (χ4v) is 2.35. The summed E-state index contributed by atoms with van der Waals surface area (Å²) in [6.45, 7) is 5.87. The van der Waals surface area contributed by atoms with Gasteiger partial charge < -0.3 is 19.9 Å². The number of nitrogens with two attached hydrogens (primary N) is 1. The summed E-state index contributed by atoms with van der Waals surface area (Å²) in [4.78, 5) is 33.0. The second kappa shape index (κ2) is 15.2. The molecule has 2 aromatic carbocycles. The second-order valence-corrected chi connectivity index (χ2v) is 6.04. The minimum absolute atomic E-state index is 0.0181. The van der Waals surface area contributed by atoms with Crippen LogP contribution in [-0.2, 0) is 14.5 Å². The first-order chi connectivity index (χ1) is 15.5. The van der Waals surface area contributed by atoms with Gasteiger partial charge in [0.05, 0.1) is 25.5 Å². The molecular weight excluding hydrogens is 416 g/mol. The van der Waals surface area contributed by atoms with Crippen molar-refractivity contribution in [2.75, 3.05) is 32.8 Å². The van der Waals surface area contributed by atoms with Crippen molar-refractivity contribution in [3.63, 3.8) is 0 Å². The number of carboxylic acids is 1. The summed E-state index contributed by atoms with van der Waals surface area (Å²) in [7, 11) is 3.00. The van der Waals surface area contributed by atoms with E-state index in [0.29, 0.717) is 30.3 Å². The Labute approximate surface area is 187 Å². The normalized spacial score (nSPS) is 10.1. The molecule has 0 aromatic heterocycles. The number of carboxylic acid groups (broad SMARTS) is 1. The second-order valence-electron chi connectivity index (χ2n) is 6.04. The molecule has 0 aliphatic heterocycles. The molecule has 0 unspecified atom stereocenters. The fourth-order valence-electron chi connectivity index (χ4n) is 2.35. The molecule has 1 amide bonds. The van der Waals surface area contributed by atoms with Crippen LogP contribution in [0.4, 0.5) is 5.69 Å². The summed E-state index contributed by atoms with van der Waals surface area (Å²) in [5.74, 6) is -0.537. The Balaban J connectivity index is 0.00000161. The zero-order valence-corrected chi connectivity index (χ0v) is 18.4. The van der Waals surface area contributed by atoms with E-state index in [1.165, 1.54) is 38.1 Å². The average Bonchev–Trinajstić information content (AvgIpc) is 2.78. The van der Waals surface area contributed by atoms with Crippen LogP contribution in [0.3, 0.4) is 0 Å². The first-order valence-corrected chi connectivity index (χ1v) is 9.62. The van der Waals surface area contributed by atoms with Crippen molar-refractivity contribution in [3.8, 4) is 11.5 Å². The van der Waals surface area contributed by atoms with Gasteiger partial charge >= 0.3 is 5.97 Å². The molecule has 0 spiro atoms. The van der Waals surface area contributed by atoms with Crippen LogP contribution in [0.2, 0.25) is 0 Å². The molecule has 4 N–H and O–H groups in total. The average molecular weight is 445 g/mol. The van der Waals surface area contributed by atoms with Crippen molar-refractivity contribution in [3.05, 3.63) is 72.3 Å². The van der Waals surface area contributed by atoms with E-state index in [1.54, 1.807) is 42.5 Å². The quantitative estimate of drug-likeness (QED) is 0.210. The molecule has 0 radical (unpaired) electrons. The van der Waals surface area contributed by atoms with E-state index in [4.69, 9.17) is 19.4 Å². The number of rotatable bonds is 11. The number of para-hydroxylation sites is 1. The van der Waals surface area contributed by atoms with Gasteiger partial charge in [0, 0.05) is 6.08 Å². The van der Waals surface area contributed by atoms with E-state index in [-0.39, 0.29) is 11.3 Å². The van der Waals surface area contributed by atoms with Crippen molar-refractivity contribution < 1.29 is 39.5 Å². The molecule has 0 saturated carbocycles. The van der Waals surface area contributed by atoms with Gasteiger partial charge in [0.15, 0.2) is 11.5 Å². The summed E-state index contributed by atoms with van der Waals surface area (Å²) in [5, 5.41) is 11.7. The number of amides is 1. The highest BCUT2D eigenvalue weighted by Gasteiger charge is 2.10. The number of benzene rings is 2. The largest absolute Gasteiger partial charge is 0.493 e. The van der Waals surface area contributed by atoms with E-state index in [2.05, 4.69) is 16.7 Å². The smallest absolute Gasteiger partial charge is 0.337 e. The third kappa shape index (κ3) is 9.43. The lowest BCUT2D eigenvalue weighted by atomic mass is 10.1. The molecular formula is C23H29N2O7+. The Morgan fingerprint density at radius 1 is 1.12 bits per heavy atom. The predicted octanol–water partition coefficient (Wildman–Crippen LogP) is 2.67. The van der Waals surface area contributed by atoms with Gasteiger partial charge in [0.25, 0.3) is 0 Å². The van der Waals surface area contributed by atoms with Crippen molar-refractivity contribution in [2.45, 2.75) is 6.92 Å². The van der Waals surface area contributed by atoms with Crippen LogP contribution in [-0.4, -0.2) is 44.4 Å². The van der Waals surface area contributed by atoms with Crippen molar-refractivity contribution >= 4 is 23.6 Å². The van der Waals surface area contributed by atoms with Crippen LogP contribution in [0, 0.1) is 0 Å². The molecule has 0 aliphatic carbocycles. The number of nitrogens with one attached hydrogen (secondary N) is 1. The summed E-state index contributed by atoms with van der Waals surface area (Å²) in [5.41, 5.74) is 2.17. The third-order valence-electron chi connectivity index (χ3n) is 3.65. The number of ether oxygens (including phenoxy) is 2. The number of methoxy groups -OCH3 is 1. The number of hydrogen-bond acceptors (Lipinski definition) is 6. The number of carbonyl (C=O) groups is 2.